The van der Waals surface area contributed by atoms with Crippen molar-refractivity contribution in [1.82, 2.24) is 15.0 Å². The van der Waals surface area contributed by atoms with Crippen molar-refractivity contribution in [2.75, 3.05) is 13.2 Å². The third-order valence-corrected chi connectivity index (χ3v) is 5.59. The molecule has 132 valence electrons. The van der Waals surface area contributed by atoms with Gasteiger partial charge in [-0.2, -0.15) is 4.98 Å². The highest BCUT2D eigenvalue weighted by atomic mass is 16.5. The molecule has 6 nitrogen and oxygen atoms in total. The number of amides is 1. The second-order valence-corrected chi connectivity index (χ2v) is 7.72. The first kappa shape index (κ1) is 16.1. The molecule has 4 rings (SSSR count). The molecule has 0 radical (unpaired) electrons. The Morgan fingerprint density at radius 3 is 2.92 bits per heavy atom. The fourth-order valence-electron chi connectivity index (χ4n) is 4.01. The second kappa shape index (κ2) is 6.82. The Morgan fingerprint density at radius 1 is 1.25 bits per heavy atom. The molecule has 1 saturated heterocycles. The lowest BCUT2D eigenvalue weighted by molar-refractivity contribution is -0.140. The number of nitrogens with zero attached hydrogens (tertiary/aromatic N) is 3. The number of carbonyl (C=O) groups is 1. The lowest BCUT2D eigenvalue weighted by Gasteiger charge is -2.28. The molecule has 6 heteroatoms. The van der Waals surface area contributed by atoms with Gasteiger partial charge in [0.2, 0.25) is 11.8 Å². The molecular formula is C18H27N3O3. The van der Waals surface area contributed by atoms with E-state index in [0.29, 0.717) is 17.7 Å². The van der Waals surface area contributed by atoms with Crippen molar-refractivity contribution in [3.63, 3.8) is 0 Å². The van der Waals surface area contributed by atoms with E-state index in [-0.39, 0.29) is 24.7 Å². The third-order valence-electron chi connectivity index (χ3n) is 5.59. The monoisotopic (exact) mass is 333 g/mol. The van der Waals surface area contributed by atoms with Crippen LogP contribution in [0.3, 0.4) is 0 Å². The summed E-state index contributed by atoms with van der Waals surface area (Å²) in [4.78, 5) is 19.0. The van der Waals surface area contributed by atoms with Crippen LogP contribution in [0, 0.1) is 5.92 Å². The average molecular weight is 333 g/mol. The minimum atomic E-state index is -0.0392. The van der Waals surface area contributed by atoms with E-state index < -0.39 is 0 Å². The van der Waals surface area contributed by atoms with E-state index in [4.69, 9.17) is 9.26 Å². The Labute approximate surface area is 142 Å². The van der Waals surface area contributed by atoms with Crippen molar-refractivity contribution in [3.05, 3.63) is 11.7 Å². The maximum Gasteiger partial charge on any atom is 0.249 e. The SMILES string of the molecule is C[C@@H]1CCC[C@H](OCC(=O)N2CCC[C@H]2c2noc(C3CC3)n2)C1. The molecule has 0 N–H and O–H groups in total. The first-order chi connectivity index (χ1) is 11.7. The molecule has 3 aliphatic rings. The fraction of sp³-hybridized carbons (Fsp3) is 0.833. The highest BCUT2D eigenvalue weighted by Gasteiger charge is 2.36. The summed E-state index contributed by atoms with van der Waals surface area (Å²) >= 11 is 0. The lowest BCUT2D eigenvalue weighted by atomic mass is 9.89. The quantitative estimate of drug-likeness (QED) is 0.827. The topological polar surface area (TPSA) is 68.5 Å². The van der Waals surface area contributed by atoms with Crippen molar-refractivity contribution in [3.8, 4) is 0 Å². The highest BCUT2D eigenvalue weighted by Crippen LogP contribution is 2.40. The summed E-state index contributed by atoms with van der Waals surface area (Å²) in [5, 5.41) is 4.13. The number of carbonyl (C=O) groups excluding carboxylic acids is 1. The zero-order chi connectivity index (χ0) is 16.5. The molecule has 2 aliphatic carbocycles. The molecule has 0 aromatic carbocycles. The summed E-state index contributed by atoms with van der Waals surface area (Å²) in [5.41, 5.74) is 0. The van der Waals surface area contributed by atoms with Crippen LogP contribution >= 0.6 is 0 Å². The van der Waals surface area contributed by atoms with Crippen molar-refractivity contribution >= 4 is 5.91 Å². The molecule has 1 amide bonds. The van der Waals surface area contributed by atoms with Crippen LogP contribution in [-0.2, 0) is 9.53 Å². The van der Waals surface area contributed by atoms with Crippen molar-refractivity contribution in [1.29, 1.82) is 0 Å². The summed E-state index contributed by atoms with van der Waals surface area (Å²) in [6.07, 6.45) is 9.07. The van der Waals surface area contributed by atoms with Crippen molar-refractivity contribution in [2.24, 2.45) is 5.92 Å². The molecule has 3 fully saturated rings. The smallest absolute Gasteiger partial charge is 0.249 e. The van der Waals surface area contributed by atoms with Gasteiger partial charge in [-0.3, -0.25) is 4.79 Å². The van der Waals surface area contributed by atoms with Gasteiger partial charge in [-0.1, -0.05) is 24.9 Å². The van der Waals surface area contributed by atoms with E-state index in [1.165, 1.54) is 12.8 Å². The van der Waals surface area contributed by atoms with E-state index in [9.17, 15) is 4.79 Å². The summed E-state index contributed by atoms with van der Waals surface area (Å²) in [6, 6.07) is -0.0392. The zero-order valence-electron chi connectivity index (χ0n) is 14.4. The maximum absolute atomic E-state index is 12.6. The van der Waals surface area contributed by atoms with Crippen LogP contribution in [0.25, 0.3) is 0 Å². The van der Waals surface area contributed by atoms with Gasteiger partial charge in [-0.25, -0.2) is 0 Å². The van der Waals surface area contributed by atoms with Gasteiger partial charge in [0.1, 0.15) is 6.61 Å². The number of hydrogen-bond acceptors (Lipinski definition) is 5. The Kier molecular flexibility index (Phi) is 4.57. The molecule has 24 heavy (non-hydrogen) atoms. The number of rotatable bonds is 5. The lowest BCUT2D eigenvalue weighted by Crippen LogP contribution is -2.35. The molecule has 1 aromatic rings. The standard InChI is InChI=1S/C18H27N3O3/c1-12-4-2-5-14(10-12)23-11-16(22)21-9-3-6-15(21)17-19-18(24-20-17)13-7-8-13/h12-15H,2-11H2,1H3/t12-,14+,15+/m1/s1. The predicted molar refractivity (Wildman–Crippen MR) is 87.3 cm³/mol. The van der Waals surface area contributed by atoms with Gasteiger partial charge in [0.05, 0.1) is 12.1 Å². The number of ether oxygens (including phenoxy) is 1. The van der Waals surface area contributed by atoms with Gasteiger partial charge < -0.3 is 14.2 Å². The van der Waals surface area contributed by atoms with Crippen LogP contribution in [0.4, 0.5) is 0 Å². The normalized spacial score (nSPS) is 30.7. The summed E-state index contributed by atoms with van der Waals surface area (Å²) in [7, 11) is 0. The highest BCUT2D eigenvalue weighted by molar-refractivity contribution is 5.78. The summed E-state index contributed by atoms with van der Waals surface area (Å²) < 4.78 is 11.3. The summed E-state index contributed by atoms with van der Waals surface area (Å²) in [5.74, 6) is 2.64. The Balaban J connectivity index is 1.34. The van der Waals surface area contributed by atoms with Gasteiger partial charge >= 0.3 is 0 Å². The third kappa shape index (κ3) is 3.48. The largest absolute Gasteiger partial charge is 0.368 e. The maximum atomic E-state index is 12.6. The van der Waals surface area contributed by atoms with Gasteiger partial charge in [0.15, 0.2) is 5.82 Å². The van der Waals surface area contributed by atoms with E-state index in [1.54, 1.807) is 0 Å². The minimum Gasteiger partial charge on any atom is -0.368 e. The minimum absolute atomic E-state index is 0.0392. The van der Waals surface area contributed by atoms with E-state index in [1.807, 2.05) is 4.90 Å². The number of likely N-dealkylation sites (tertiary alicyclic amines) is 1. The molecule has 2 heterocycles. The average Bonchev–Trinajstić information content (AvgIpc) is 3.11. The van der Waals surface area contributed by atoms with Crippen molar-refractivity contribution in [2.45, 2.75) is 76.4 Å². The molecule has 0 bridgehead atoms. The van der Waals surface area contributed by atoms with Crippen LogP contribution in [-0.4, -0.2) is 40.2 Å². The molecule has 1 aliphatic heterocycles. The Bertz CT molecular complexity index is 584. The Morgan fingerprint density at radius 2 is 2.12 bits per heavy atom. The molecule has 0 unspecified atom stereocenters. The van der Waals surface area contributed by atoms with Crippen LogP contribution in [0.5, 0.6) is 0 Å². The molecule has 2 saturated carbocycles. The first-order valence-corrected chi connectivity index (χ1v) is 9.45. The van der Waals surface area contributed by atoms with Crippen LogP contribution in [0.15, 0.2) is 4.52 Å². The number of hydrogen-bond donors (Lipinski definition) is 0. The van der Waals surface area contributed by atoms with Gasteiger partial charge in [0.25, 0.3) is 0 Å². The summed E-state index contributed by atoms with van der Waals surface area (Å²) in [6.45, 7) is 3.21. The van der Waals surface area contributed by atoms with Crippen molar-refractivity contribution < 1.29 is 14.1 Å². The van der Waals surface area contributed by atoms with Crippen LogP contribution < -0.4 is 0 Å². The predicted octanol–water partition coefficient (Wildman–Crippen LogP) is 3.21. The van der Waals surface area contributed by atoms with Gasteiger partial charge in [0, 0.05) is 12.5 Å². The zero-order valence-corrected chi connectivity index (χ0v) is 14.4. The Hall–Kier alpha value is -1.43. The van der Waals surface area contributed by atoms with Gasteiger partial charge in [-0.15, -0.1) is 0 Å². The molecule has 3 atom stereocenters. The van der Waals surface area contributed by atoms with E-state index in [2.05, 4.69) is 17.1 Å². The molecule has 1 aromatic heterocycles. The number of aromatic nitrogens is 2. The molecular weight excluding hydrogens is 306 g/mol. The van der Waals surface area contributed by atoms with Gasteiger partial charge in [-0.05, 0) is 44.4 Å². The van der Waals surface area contributed by atoms with Crippen LogP contribution in [0.2, 0.25) is 0 Å². The van der Waals surface area contributed by atoms with E-state index in [0.717, 1.165) is 51.0 Å². The fourth-order valence-corrected chi connectivity index (χ4v) is 4.01. The first-order valence-electron chi connectivity index (χ1n) is 9.45. The second-order valence-electron chi connectivity index (χ2n) is 7.72. The van der Waals surface area contributed by atoms with Crippen LogP contribution in [0.1, 0.15) is 82.0 Å². The molecule has 0 spiro atoms. The van der Waals surface area contributed by atoms with E-state index >= 15 is 0 Å².